The lowest BCUT2D eigenvalue weighted by Gasteiger charge is -2.16. The first-order chi connectivity index (χ1) is 6.75. The summed E-state index contributed by atoms with van der Waals surface area (Å²) in [4.78, 5) is 2.61. The molecule has 1 aliphatic heterocycles. The van der Waals surface area contributed by atoms with Gasteiger partial charge in [0.2, 0.25) is 0 Å². The number of hydrogen-bond acceptors (Lipinski definition) is 3. The maximum absolute atomic E-state index is 9.13. The molecule has 0 aromatic carbocycles. The van der Waals surface area contributed by atoms with Crippen LogP contribution in [0.15, 0.2) is 0 Å². The zero-order valence-electron chi connectivity index (χ0n) is 9.08. The number of nitrogens with zero attached hydrogens (tertiary/aromatic N) is 1. The Labute approximate surface area is 86.5 Å². The van der Waals surface area contributed by atoms with Gasteiger partial charge in [-0.25, -0.2) is 0 Å². The summed E-state index contributed by atoms with van der Waals surface area (Å²) >= 11 is 0. The van der Waals surface area contributed by atoms with E-state index in [0.717, 1.165) is 19.0 Å². The highest BCUT2D eigenvalue weighted by Crippen LogP contribution is 2.29. The molecule has 0 spiro atoms. The monoisotopic (exact) mass is 198 g/mol. The van der Waals surface area contributed by atoms with Gasteiger partial charge in [0, 0.05) is 25.2 Å². The van der Waals surface area contributed by atoms with Crippen LogP contribution in [-0.2, 0) is 0 Å². The molecule has 1 heterocycles. The second-order valence-corrected chi connectivity index (χ2v) is 4.80. The summed E-state index contributed by atoms with van der Waals surface area (Å²) in [6.07, 6.45) is 4.83. The Hall–Kier alpha value is -0.120. The van der Waals surface area contributed by atoms with Crippen LogP contribution in [0.5, 0.6) is 0 Å². The van der Waals surface area contributed by atoms with Crippen molar-refractivity contribution in [3.8, 4) is 0 Å². The van der Waals surface area contributed by atoms with Crippen LogP contribution in [0.25, 0.3) is 0 Å². The lowest BCUT2D eigenvalue weighted by atomic mass is 10.2. The predicted molar refractivity (Wildman–Crippen MR) is 57.3 cm³/mol. The Morgan fingerprint density at radius 2 is 2.21 bits per heavy atom. The summed E-state index contributed by atoms with van der Waals surface area (Å²) in [5.41, 5.74) is 0. The van der Waals surface area contributed by atoms with Crippen LogP contribution in [0.2, 0.25) is 0 Å². The number of likely N-dealkylation sites (tertiary alicyclic amines) is 1. The van der Waals surface area contributed by atoms with Crippen molar-refractivity contribution in [1.82, 2.24) is 10.2 Å². The van der Waals surface area contributed by atoms with Crippen LogP contribution < -0.4 is 5.32 Å². The second-order valence-electron chi connectivity index (χ2n) is 4.80. The molecular formula is C11H22N2O. The van der Waals surface area contributed by atoms with Crippen molar-refractivity contribution in [2.75, 3.05) is 19.6 Å². The van der Waals surface area contributed by atoms with Gasteiger partial charge in [0.05, 0.1) is 6.10 Å². The van der Waals surface area contributed by atoms with Crippen molar-refractivity contribution in [3.05, 3.63) is 0 Å². The lowest BCUT2D eigenvalue weighted by Crippen LogP contribution is -2.34. The van der Waals surface area contributed by atoms with E-state index in [9.17, 15) is 0 Å². The summed E-state index contributed by atoms with van der Waals surface area (Å²) in [6, 6.07) is 1.59. The molecule has 2 atom stereocenters. The fourth-order valence-electron chi connectivity index (χ4n) is 2.22. The first kappa shape index (κ1) is 10.4. The molecule has 1 aliphatic carbocycles. The predicted octanol–water partition coefficient (Wildman–Crippen LogP) is 0.584. The van der Waals surface area contributed by atoms with Crippen LogP contribution in [0.4, 0.5) is 0 Å². The molecule has 2 fully saturated rings. The van der Waals surface area contributed by atoms with Gasteiger partial charge in [-0.2, -0.15) is 0 Å². The van der Waals surface area contributed by atoms with E-state index in [-0.39, 0.29) is 6.10 Å². The number of hydrogen-bond donors (Lipinski definition) is 2. The van der Waals surface area contributed by atoms with Crippen molar-refractivity contribution >= 4 is 0 Å². The van der Waals surface area contributed by atoms with Gasteiger partial charge >= 0.3 is 0 Å². The van der Waals surface area contributed by atoms with Gasteiger partial charge in [-0.15, -0.1) is 0 Å². The molecule has 2 N–H and O–H groups in total. The zero-order chi connectivity index (χ0) is 9.97. The summed E-state index contributed by atoms with van der Waals surface area (Å²) in [5.74, 6) is 0. The molecule has 0 aromatic rings. The van der Waals surface area contributed by atoms with Crippen LogP contribution in [0.1, 0.15) is 32.6 Å². The molecule has 0 amide bonds. The summed E-state index contributed by atoms with van der Waals surface area (Å²) in [6.45, 7) is 5.31. The minimum Gasteiger partial charge on any atom is -0.393 e. The Kier molecular flexibility index (Phi) is 3.42. The van der Waals surface area contributed by atoms with E-state index in [0.29, 0.717) is 6.04 Å². The van der Waals surface area contributed by atoms with Gasteiger partial charge in [0.25, 0.3) is 0 Å². The molecule has 14 heavy (non-hydrogen) atoms. The molecule has 3 heteroatoms. The normalized spacial score (nSPS) is 30.9. The van der Waals surface area contributed by atoms with Gasteiger partial charge in [0.1, 0.15) is 0 Å². The van der Waals surface area contributed by atoms with Gasteiger partial charge in [-0.3, -0.25) is 4.90 Å². The number of aliphatic hydroxyl groups excluding tert-OH is 1. The molecule has 1 saturated carbocycles. The molecule has 2 unspecified atom stereocenters. The molecule has 0 bridgehead atoms. The van der Waals surface area contributed by atoms with E-state index < -0.39 is 0 Å². The van der Waals surface area contributed by atoms with Crippen molar-refractivity contribution in [1.29, 1.82) is 0 Å². The summed E-state index contributed by atoms with van der Waals surface area (Å²) in [5, 5.41) is 12.6. The van der Waals surface area contributed by atoms with E-state index in [1.54, 1.807) is 0 Å². The Balaban J connectivity index is 1.58. The van der Waals surface area contributed by atoms with E-state index in [4.69, 9.17) is 5.11 Å². The standard InChI is InChI=1S/C11H22N2O/c1-9(14)4-6-12-10-5-7-13(8-10)11-2-3-11/h9-12,14H,2-8H2,1H3. The first-order valence-electron chi connectivity index (χ1n) is 5.91. The Morgan fingerprint density at radius 1 is 1.43 bits per heavy atom. The third-order valence-electron chi connectivity index (χ3n) is 3.28. The third-order valence-corrected chi connectivity index (χ3v) is 3.28. The average Bonchev–Trinajstić information content (AvgIpc) is 2.87. The summed E-state index contributed by atoms with van der Waals surface area (Å²) < 4.78 is 0. The fraction of sp³-hybridized carbons (Fsp3) is 1.00. The first-order valence-corrected chi connectivity index (χ1v) is 5.91. The minimum atomic E-state index is -0.163. The highest BCUT2D eigenvalue weighted by Gasteiger charge is 2.33. The maximum atomic E-state index is 9.13. The third kappa shape index (κ3) is 2.94. The van der Waals surface area contributed by atoms with Crippen LogP contribution in [0, 0.1) is 0 Å². The topological polar surface area (TPSA) is 35.5 Å². The van der Waals surface area contributed by atoms with Crippen LogP contribution >= 0.6 is 0 Å². The van der Waals surface area contributed by atoms with Gasteiger partial charge in [-0.05, 0) is 39.2 Å². The molecule has 0 aromatic heterocycles. The van der Waals surface area contributed by atoms with E-state index in [1.807, 2.05) is 6.92 Å². The lowest BCUT2D eigenvalue weighted by molar-refractivity contribution is 0.182. The van der Waals surface area contributed by atoms with Crippen LogP contribution in [0.3, 0.4) is 0 Å². The summed E-state index contributed by atoms with van der Waals surface area (Å²) in [7, 11) is 0. The number of nitrogens with one attached hydrogen (secondary N) is 1. The van der Waals surface area contributed by atoms with Crippen molar-refractivity contribution in [2.24, 2.45) is 0 Å². The van der Waals surface area contributed by atoms with E-state index in [2.05, 4.69) is 10.2 Å². The van der Waals surface area contributed by atoms with Gasteiger partial charge in [-0.1, -0.05) is 0 Å². The van der Waals surface area contributed by atoms with Gasteiger partial charge in [0.15, 0.2) is 0 Å². The molecule has 82 valence electrons. The Bertz CT molecular complexity index is 180. The van der Waals surface area contributed by atoms with Crippen molar-refractivity contribution < 1.29 is 5.11 Å². The van der Waals surface area contributed by atoms with Gasteiger partial charge < -0.3 is 10.4 Å². The maximum Gasteiger partial charge on any atom is 0.0524 e. The molecule has 2 aliphatic rings. The van der Waals surface area contributed by atoms with Crippen molar-refractivity contribution in [2.45, 2.75) is 50.8 Å². The highest BCUT2D eigenvalue weighted by atomic mass is 16.3. The molecule has 3 nitrogen and oxygen atoms in total. The average molecular weight is 198 g/mol. The molecular weight excluding hydrogens is 176 g/mol. The SMILES string of the molecule is CC(O)CCNC1CCN(C2CC2)C1. The highest BCUT2D eigenvalue weighted by molar-refractivity contribution is 4.91. The number of rotatable bonds is 5. The molecule has 0 radical (unpaired) electrons. The quantitative estimate of drug-likeness (QED) is 0.678. The largest absolute Gasteiger partial charge is 0.393 e. The molecule has 2 rings (SSSR count). The fourth-order valence-corrected chi connectivity index (χ4v) is 2.22. The van der Waals surface area contributed by atoms with Crippen LogP contribution in [-0.4, -0.2) is 47.8 Å². The number of aliphatic hydroxyl groups is 1. The van der Waals surface area contributed by atoms with Crippen molar-refractivity contribution in [3.63, 3.8) is 0 Å². The Morgan fingerprint density at radius 3 is 2.86 bits per heavy atom. The minimum absolute atomic E-state index is 0.163. The zero-order valence-corrected chi connectivity index (χ0v) is 9.08. The second kappa shape index (κ2) is 4.60. The van der Waals surface area contributed by atoms with E-state index in [1.165, 1.54) is 32.4 Å². The molecule has 1 saturated heterocycles. The smallest absolute Gasteiger partial charge is 0.0524 e. The van der Waals surface area contributed by atoms with E-state index >= 15 is 0 Å².